The molecular formula is C21H31N3O. The van der Waals surface area contributed by atoms with E-state index in [4.69, 9.17) is 0 Å². The Morgan fingerprint density at radius 3 is 2.40 bits per heavy atom. The van der Waals surface area contributed by atoms with Crippen molar-refractivity contribution in [2.45, 2.75) is 65.3 Å². The standard InChI is InChI=1S/C21H31N3O/c1-20(2,3)17-12-16(19(25)18(13-17)21(4,5)6)14-22-8-7-10-24-11-9-23-15-24/h9,11-15,25H,7-8,10H2,1-6H3. The largest absolute Gasteiger partial charge is 0.507 e. The van der Waals surface area contributed by atoms with Gasteiger partial charge in [0.25, 0.3) is 0 Å². The van der Waals surface area contributed by atoms with Crippen LogP contribution in [0.5, 0.6) is 5.75 Å². The molecule has 4 nitrogen and oxygen atoms in total. The van der Waals surface area contributed by atoms with Crippen LogP contribution in [0, 0.1) is 0 Å². The minimum absolute atomic E-state index is 0.0255. The Labute approximate surface area is 151 Å². The van der Waals surface area contributed by atoms with Crippen LogP contribution in [0.15, 0.2) is 35.8 Å². The second-order valence-corrected chi connectivity index (χ2v) is 8.65. The molecule has 0 saturated heterocycles. The van der Waals surface area contributed by atoms with E-state index < -0.39 is 0 Å². The van der Waals surface area contributed by atoms with Crippen molar-refractivity contribution in [2.75, 3.05) is 6.54 Å². The summed E-state index contributed by atoms with van der Waals surface area (Å²) in [4.78, 5) is 8.57. The summed E-state index contributed by atoms with van der Waals surface area (Å²) < 4.78 is 2.05. The normalized spacial score (nSPS) is 12.9. The van der Waals surface area contributed by atoms with Crippen molar-refractivity contribution in [2.24, 2.45) is 4.99 Å². The molecule has 1 aromatic carbocycles. The van der Waals surface area contributed by atoms with Gasteiger partial charge in [-0.05, 0) is 28.9 Å². The summed E-state index contributed by atoms with van der Waals surface area (Å²) in [6.07, 6.45) is 8.32. The zero-order valence-corrected chi connectivity index (χ0v) is 16.4. The van der Waals surface area contributed by atoms with E-state index in [-0.39, 0.29) is 10.8 Å². The molecule has 1 heterocycles. The third-order valence-corrected chi connectivity index (χ3v) is 4.31. The highest BCUT2D eigenvalue weighted by Crippen LogP contribution is 2.37. The van der Waals surface area contributed by atoms with E-state index >= 15 is 0 Å². The Bertz CT molecular complexity index is 717. The number of nitrogens with zero attached hydrogens (tertiary/aromatic N) is 3. The predicted molar refractivity (Wildman–Crippen MR) is 105 cm³/mol. The van der Waals surface area contributed by atoms with Crippen LogP contribution in [0.25, 0.3) is 0 Å². The number of aromatic hydroxyl groups is 1. The van der Waals surface area contributed by atoms with Gasteiger partial charge in [-0.2, -0.15) is 0 Å². The van der Waals surface area contributed by atoms with Gasteiger partial charge in [0, 0.05) is 42.8 Å². The van der Waals surface area contributed by atoms with Crippen molar-refractivity contribution in [3.05, 3.63) is 47.5 Å². The summed E-state index contributed by atoms with van der Waals surface area (Å²) in [7, 11) is 0. The number of aryl methyl sites for hydroxylation is 1. The Kier molecular flexibility index (Phi) is 5.71. The van der Waals surface area contributed by atoms with Crippen LogP contribution in [0.2, 0.25) is 0 Å². The van der Waals surface area contributed by atoms with E-state index in [1.807, 2.05) is 23.3 Å². The van der Waals surface area contributed by atoms with Gasteiger partial charge >= 0.3 is 0 Å². The summed E-state index contributed by atoms with van der Waals surface area (Å²) in [5.74, 6) is 0.346. The topological polar surface area (TPSA) is 50.4 Å². The molecule has 1 aromatic heterocycles. The molecule has 0 bridgehead atoms. The maximum atomic E-state index is 10.7. The number of aromatic nitrogens is 2. The van der Waals surface area contributed by atoms with Crippen molar-refractivity contribution >= 4 is 6.21 Å². The second kappa shape index (κ2) is 7.42. The van der Waals surface area contributed by atoms with Crippen LogP contribution >= 0.6 is 0 Å². The van der Waals surface area contributed by atoms with Gasteiger partial charge in [-0.15, -0.1) is 0 Å². The molecule has 0 spiro atoms. The number of hydrogen-bond acceptors (Lipinski definition) is 3. The second-order valence-electron chi connectivity index (χ2n) is 8.65. The molecule has 0 unspecified atom stereocenters. The van der Waals surface area contributed by atoms with E-state index in [0.29, 0.717) is 5.75 Å². The number of rotatable bonds is 5. The lowest BCUT2D eigenvalue weighted by Gasteiger charge is -2.27. The summed E-state index contributed by atoms with van der Waals surface area (Å²) >= 11 is 0. The van der Waals surface area contributed by atoms with Crippen molar-refractivity contribution in [1.82, 2.24) is 9.55 Å². The summed E-state index contributed by atoms with van der Waals surface area (Å²) in [6.45, 7) is 14.6. The molecule has 0 saturated carbocycles. The van der Waals surface area contributed by atoms with E-state index in [1.165, 1.54) is 5.56 Å². The van der Waals surface area contributed by atoms with Gasteiger partial charge in [0.1, 0.15) is 5.75 Å². The molecule has 0 fully saturated rings. The first-order valence-electron chi connectivity index (χ1n) is 8.92. The predicted octanol–water partition coefficient (Wildman–Crippen LogP) is 4.69. The molecule has 0 aliphatic heterocycles. The molecular weight excluding hydrogens is 310 g/mol. The van der Waals surface area contributed by atoms with Crippen molar-refractivity contribution in [3.63, 3.8) is 0 Å². The fourth-order valence-electron chi connectivity index (χ4n) is 2.69. The smallest absolute Gasteiger partial charge is 0.128 e. The molecule has 0 amide bonds. The van der Waals surface area contributed by atoms with Crippen LogP contribution < -0.4 is 0 Å². The lowest BCUT2D eigenvalue weighted by molar-refractivity contribution is 0.444. The SMILES string of the molecule is CC(C)(C)c1cc(C=NCCCn2ccnc2)c(O)c(C(C)(C)C)c1. The van der Waals surface area contributed by atoms with Crippen molar-refractivity contribution in [1.29, 1.82) is 0 Å². The molecule has 136 valence electrons. The Morgan fingerprint density at radius 1 is 1.12 bits per heavy atom. The van der Waals surface area contributed by atoms with Gasteiger partial charge in [-0.25, -0.2) is 4.98 Å². The highest BCUT2D eigenvalue weighted by Gasteiger charge is 2.24. The Balaban J connectivity index is 2.19. The van der Waals surface area contributed by atoms with Gasteiger partial charge < -0.3 is 9.67 Å². The quantitative estimate of drug-likeness (QED) is 0.633. The summed E-state index contributed by atoms with van der Waals surface area (Å²) in [6, 6.07) is 4.19. The van der Waals surface area contributed by atoms with Crippen molar-refractivity contribution in [3.8, 4) is 5.75 Å². The molecule has 0 aliphatic carbocycles. The van der Waals surface area contributed by atoms with Crippen molar-refractivity contribution < 1.29 is 5.11 Å². The van der Waals surface area contributed by atoms with E-state index in [2.05, 4.69) is 63.7 Å². The maximum absolute atomic E-state index is 10.7. The van der Waals surface area contributed by atoms with E-state index in [1.54, 1.807) is 6.20 Å². The lowest BCUT2D eigenvalue weighted by atomic mass is 9.79. The summed E-state index contributed by atoms with van der Waals surface area (Å²) in [5, 5.41) is 10.7. The minimum atomic E-state index is -0.116. The van der Waals surface area contributed by atoms with Gasteiger partial charge in [0.15, 0.2) is 0 Å². The maximum Gasteiger partial charge on any atom is 0.128 e. The fourth-order valence-corrected chi connectivity index (χ4v) is 2.69. The van der Waals surface area contributed by atoms with Gasteiger partial charge in [0.2, 0.25) is 0 Å². The zero-order valence-electron chi connectivity index (χ0n) is 16.4. The van der Waals surface area contributed by atoms with E-state index in [0.717, 1.165) is 30.6 Å². The average Bonchev–Trinajstić information content (AvgIpc) is 2.99. The monoisotopic (exact) mass is 341 g/mol. The molecule has 0 aliphatic rings. The Morgan fingerprint density at radius 2 is 1.84 bits per heavy atom. The number of phenolic OH excluding ortho intramolecular Hbond substituents is 1. The molecule has 2 aromatic rings. The van der Waals surface area contributed by atoms with Gasteiger partial charge in [-0.1, -0.05) is 47.6 Å². The van der Waals surface area contributed by atoms with Crippen LogP contribution in [0.4, 0.5) is 0 Å². The highest BCUT2D eigenvalue weighted by molar-refractivity contribution is 5.85. The van der Waals surface area contributed by atoms with Gasteiger partial charge in [-0.3, -0.25) is 4.99 Å². The average molecular weight is 341 g/mol. The molecule has 0 radical (unpaired) electrons. The highest BCUT2D eigenvalue weighted by atomic mass is 16.3. The van der Waals surface area contributed by atoms with E-state index in [9.17, 15) is 5.11 Å². The zero-order chi connectivity index (χ0) is 18.7. The lowest BCUT2D eigenvalue weighted by Crippen LogP contribution is -2.17. The molecule has 25 heavy (non-hydrogen) atoms. The van der Waals surface area contributed by atoms with Crippen LogP contribution in [-0.4, -0.2) is 27.4 Å². The molecule has 0 atom stereocenters. The first-order valence-corrected chi connectivity index (χ1v) is 8.92. The minimum Gasteiger partial charge on any atom is -0.507 e. The number of hydrogen-bond donors (Lipinski definition) is 1. The van der Waals surface area contributed by atoms with Crippen LogP contribution in [0.3, 0.4) is 0 Å². The molecule has 4 heteroatoms. The first kappa shape index (κ1) is 19.2. The van der Waals surface area contributed by atoms with Crippen LogP contribution in [0.1, 0.15) is 64.7 Å². The number of benzene rings is 1. The number of phenols is 1. The molecule has 1 N–H and O–H groups in total. The van der Waals surface area contributed by atoms with Crippen LogP contribution in [-0.2, 0) is 17.4 Å². The third kappa shape index (κ3) is 5.18. The number of imidazole rings is 1. The Hall–Kier alpha value is -2.10. The molecule has 2 rings (SSSR count). The number of aliphatic imine (C=N–C) groups is 1. The fraction of sp³-hybridized carbons (Fsp3) is 0.524. The van der Waals surface area contributed by atoms with Gasteiger partial charge in [0.05, 0.1) is 6.33 Å². The summed E-state index contributed by atoms with van der Waals surface area (Å²) in [5.41, 5.74) is 2.91. The first-order chi connectivity index (χ1) is 11.6. The third-order valence-electron chi connectivity index (χ3n) is 4.31.